The van der Waals surface area contributed by atoms with Gasteiger partial charge in [0.25, 0.3) is 0 Å². The molecule has 0 atom stereocenters. The second-order valence-corrected chi connectivity index (χ2v) is 5.89. The number of benzene rings is 1. The third-order valence-corrected chi connectivity index (χ3v) is 4.00. The first-order valence-electron chi connectivity index (χ1n) is 8.42. The Morgan fingerprint density at radius 2 is 2.15 bits per heavy atom. The smallest absolute Gasteiger partial charge is 0.221 e. The predicted octanol–water partition coefficient (Wildman–Crippen LogP) is 2.15. The summed E-state index contributed by atoms with van der Waals surface area (Å²) in [5, 5.41) is 13.7. The Morgan fingerprint density at radius 3 is 3.04 bits per heavy atom. The lowest BCUT2D eigenvalue weighted by Crippen LogP contribution is -2.10. The van der Waals surface area contributed by atoms with Crippen LogP contribution in [0.2, 0.25) is 0 Å². The second-order valence-electron chi connectivity index (χ2n) is 5.89. The van der Waals surface area contributed by atoms with E-state index in [0.717, 1.165) is 28.7 Å². The molecule has 0 saturated heterocycles. The van der Waals surface area contributed by atoms with E-state index in [2.05, 4.69) is 41.9 Å². The van der Waals surface area contributed by atoms with E-state index < -0.39 is 0 Å². The molecule has 26 heavy (non-hydrogen) atoms. The number of fused-ring (bicyclic) bond motifs is 2. The highest BCUT2D eigenvalue weighted by molar-refractivity contribution is 5.97. The molecule has 0 saturated carbocycles. The Labute approximate surface area is 150 Å². The molecule has 0 amide bonds. The first-order chi connectivity index (χ1) is 12.7. The summed E-state index contributed by atoms with van der Waals surface area (Å²) in [6.45, 7) is 5.19. The summed E-state index contributed by atoms with van der Waals surface area (Å²) in [6.07, 6.45) is 3.46. The molecule has 0 aliphatic heterocycles. The molecule has 8 heteroatoms. The van der Waals surface area contributed by atoms with E-state index in [9.17, 15) is 0 Å². The molecule has 0 unspecified atom stereocenters. The zero-order chi connectivity index (χ0) is 17.9. The average molecular weight is 346 g/mol. The highest BCUT2D eigenvalue weighted by atomic mass is 15.5. The minimum Gasteiger partial charge on any atom is -0.310 e. The van der Waals surface area contributed by atoms with Gasteiger partial charge in [0.15, 0.2) is 5.65 Å². The molecule has 4 aromatic rings. The lowest BCUT2D eigenvalue weighted by Gasteiger charge is -2.05. The third kappa shape index (κ3) is 3.08. The molecular weight excluding hydrogens is 328 g/mol. The molecule has 0 radical (unpaired) electrons. The Hall–Kier alpha value is -3.42. The number of hydrogen-bond acceptors (Lipinski definition) is 7. The van der Waals surface area contributed by atoms with Gasteiger partial charge in [-0.15, -0.1) is 5.10 Å². The van der Waals surface area contributed by atoms with Crippen LogP contribution in [0.5, 0.6) is 0 Å². The van der Waals surface area contributed by atoms with Crippen LogP contribution in [0, 0.1) is 0 Å². The van der Waals surface area contributed by atoms with Gasteiger partial charge in [-0.1, -0.05) is 17.3 Å². The van der Waals surface area contributed by atoms with Crippen molar-refractivity contribution in [3.05, 3.63) is 54.0 Å². The van der Waals surface area contributed by atoms with Crippen LogP contribution in [-0.2, 0) is 6.54 Å². The van der Waals surface area contributed by atoms with Crippen LogP contribution in [0.3, 0.4) is 0 Å². The molecule has 0 aliphatic carbocycles. The van der Waals surface area contributed by atoms with Crippen molar-refractivity contribution >= 4 is 27.9 Å². The zero-order valence-electron chi connectivity index (χ0n) is 14.6. The third-order valence-electron chi connectivity index (χ3n) is 4.00. The summed E-state index contributed by atoms with van der Waals surface area (Å²) in [5.74, 6) is 0. The standard InChI is InChI=1S/C18H18N8/c1-3-21-23-12(2)16-10-20-17-18(22-16)26(25-24-17)11-13-6-7-15-14(9-13)5-4-8-19-15/h4-10,21H,3,11H2,1-2H3/b23-12+. The van der Waals surface area contributed by atoms with Crippen LogP contribution in [0.15, 0.2) is 47.8 Å². The quantitative estimate of drug-likeness (QED) is 0.439. The Morgan fingerprint density at radius 1 is 1.23 bits per heavy atom. The summed E-state index contributed by atoms with van der Waals surface area (Å²) >= 11 is 0. The maximum Gasteiger partial charge on any atom is 0.221 e. The van der Waals surface area contributed by atoms with Crippen molar-refractivity contribution in [1.29, 1.82) is 0 Å². The Balaban J connectivity index is 1.69. The number of aromatic nitrogens is 6. The van der Waals surface area contributed by atoms with Crippen LogP contribution < -0.4 is 5.43 Å². The van der Waals surface area contributed by atoms with Gasteiger partial charge in [-0.2, -0.15) is 5.10 Å². The zero-order valence-corrected chi connectivity index (χ0v) is 14.6. The van der Waals surface area contributed by atoms with Crippen molar-refractivity contribution in [3.8, 4) is 0 Å². The molecule has 0 bridgehead atoms. The molecule has 3 heterocycles. The number of hydrogen-bond donors (Lipinski definition) is 1. The number of nitrogens with zero attached hydrogens (tertiary/aromatic N) is 7. The van der Waals surface area contributed by atoms with Crippen molar-refractivity contribution in [2.24, 2.45) is 5.10 Å². The maximum atomic E-state index is 4.64. The van der Waals surface area contributed by atoms with Gasteiger partial charge in [-0.3, -0.25) is 4.98 Å². The Bertz CT molecular complexity index is 1100. The normalized spacial score (nSPS) is 12.0. The topological polar surface area (TPSA) is 93.8 Å². The maximum absolute atomic E-state index is 4.64. The molecule has 0 fully saturated rings. The molecule has 1 N–H and O–H groups in total. The van der Waals surface area contributed by atoms with Crippen LogP contribution in [0.1, 0.15) is 25.1 Å². The van der Waals surface area contributed by atoms with Gasteiger partial charge in [0.05, 0.1) is 24.0 Å². The van der Waals surface area contributed by atoms with Crippen LogP contribution in [0.4, 0.5) is 0 Å². The van der Waals surface area contributed by atoms with Gasteiger partial charge in [-0.25, -0.2) is 14.6 Å². The fourth-order valence-corrected chi connectivity index (χ4v) is 2.69. The highest BCUT2D eigenvalue weighted by Gasteiger charge is 2.11. The highest BCUT2D eigenvalue weighted by Crippen LogP contribution is 2.15. The summed E-state index contributed by atoms with van der Waals surface area (Å²) in [6, 6.07) is 10.1. The Kier molecular flexibility index (Phi) is 4.22. The van der Waals surface area contributed by atoms with Gasteiger partial charge in [-0.05, 0) is 37.6 Å². The van der Waals surface area contributed by atoms with Gasteiger partial charge in [0, 0.05) is 18.1 Å². The first-order valence-corrected chi connectivity index (χ1v) is 8.42. The summed E-state index contributed by atoms with van der Waals surface area (Å²) < 4.78 is 1.75. The van der Waals surface area contributed by atoms with E-state index in [1.54, 1.807) is 17.1 Å². The van der Waals surface area contributed by atoms with E-state index in [0.29, 0.717) is 23.5 Å². The van der Waals surface area contributed by atoms with Crippen LogP contribution in [0.25, 0.3) is 22.2 Å². The minimum atomic E-state index is 0.521. The SMILES string of the molecule is CCN/N=C(\C)c1cnc2nnn(Cc3ccc4ncccc4c3)c2n1. The average Bonchev–Trinajstić information content (AvgIpc) is 3.08. The van der Waals surface area contributed by atoms with Crippen molar-refractivity contribution in [2.45, 2.75) is 20.4 Å². The van der Waals surface area contributed by atoms with Gasteiger partial charge in [0.2, 0.25) is 5.65 Å². The summed E-state index contributed by atoms with van der Waals surface area (Å²) in [5.41, 5.74) is 7.63. The summed E-state index contributed by atoms with van der Waals surface area (Å²) in [7, 11) is 0. The monoisotopic (exact) mass is 346 g/mol. The first kappa shape index (κ1) is 16.1. The number of pyridine rings is 1. The van der Waals surface area contributed by atoms with Crippen molar-refractivity contribution in [3.63, 3.8) is 0 Å². The van der Waals surface area contributed by atoms with Gasteiger partial charge >= 0.3 is 0 Å². The van der Waals surface area contributed by atoms with E-state index in [-0.39, 0.29) is 0 Å². The van der Waals surface area contributed by atoms with Crippen LogP contribution in [-0.4, -0.2) is 42.2 Å². The number of hydrazone groups is 1. The van der Waals surface area contributed by atoms with Gasteiger partial charge in [0.1, 0.15) is 5.69 Å². The largest absolute Gasteiger partial charge is 0.310 e. The molecule has 1 aromatic carbocycles. The molecule has 8 nitrogen and oxygen atoms in total. The molecule has 130 valence electrons. The molecule has 3 aromatic heterocycles. The lowest BCUT2D eigenvalue weighted by molar-refractivity contribution is 0.664. The van der Waals surface area contributed by atoms with Crippen molar-refractivity contribution in [1.82, 2.24) is 35.4 Å². The van der Waals surface area contributed by atoms with E-state index >= 15 is 0 Å². The van der Waals surface area contributed by atoms with E-state index in [4.69, 9.17) is 0 Å². The molecule has 0 aliphatic rings. The van der Waals surface area contributed by atoms with E-state index in [1.165, 1.54) is 0 Å². The summed E-state index contributed by atoms with van der Waals surface area (Å²) in [4.78, 5) is 13.3. The van der Waals surface area contributed by atoms with Crippen LogP contribution >= 0.6 is 0 Å². The number of nitrogens with one attached hydrogen (secondary N) is 1. The minimum absolute atomic E-state index is 0.521. The molecular formula is C18H18N8. The van der Waals surface area contributed by atoms with E-state index in [1.807, 2.05) is 38.1 Å². The fourth-order valence-electron chi connectivity index (χ4n) is 2.69. The second kappa shape index (κ2) is 6.83. The lowest BCUT2D eigenvalue weighted by atomic mass is 10.1. The number of rotatable bonds is 5. The fraction of sp³-hybridized carbons (Fsp3) is 0.222. The molecule has 4 rings (SSSR count). The van der Waals surface area contributed by atoms with Crippen molar-refractivity contribution < 1.29 is 0 Å². The molecule has 0 spiro atoms. The van der Waals surface area contributed by atoms with Crippen molar-refractivity contribution in [2.75, 3.05) is 6.54 Å². The predicted molar refractivity (Wildman–Crippen MR) is 99.9 cm³/mol. The van der Waals surface area contributed by atoms with Gasteiger partial charge < -0.3 is 5.43 Å².